The van der Waals surface area contributed by atoms with E-state index in [0.29, 0.717) is 5.69 Å². The Morgan fingerprint density at radius 2 is 1.58 bits per heavy atom. The third-order valence-corrected chi connectivity index (χ3v) is 5.51. The van der Waals surface area contributed by atoms with E-state index in [1.165, 1.54) is 18.2 Å². The van der Waals surface area contributed by atoms with E-state index in [2.05, 4.69) is 23.5 Å². The molecule has 2 aromatic rings. The average molecular weight is 387 g/mol. The number of sulfonamides is 1. The van der Waals surface area contributed by atoms with E-state index in [0.717, 1.165) is 24.3 Å². The highest BCUT2D eigenvalue weighted by atomic mass is 35.5. The van der Waals surface area contributed by atoms with Gasteiger partial charge in [-0.1, -0.05) is 23.2 Å². The van der Waals surface area contributed by atoms with E-state index in [1.54, 1.807) is 6.07 Å². The van der Waals surface area contributed by atoms with Crippen molar-refractivity contribution in [3.05, 3.63) is 52.0 Å². The second kappa shape index (κ2) is 7.64. The molecule has 0 aliphatic rings. The van der Waals surface area contributed by atoms with Crippen LogP contribution in [0, 0.1) is 6.92 Å². The molecule has 0 aliphatic carbocycles. The van der Waals surface area contributed by atoms with Crippen molar-refractivity contribution in [2.45, 2.75) is 25.7 Å². The van der Waals surface area contributed by atoms with Gasteiger partial charge in [0.1, 0.15) is 0 Å². The SMILES string of the molecule is CCN(CC)c1ccc(NS(=O)(=O)c2cc(Cl)cc(Cl)c2)c(C)c1. The lowest BCUT2D eigenvalue weighted by atomic mass is 10.1. The average Bonchev–Trinajstić information content (AvgIpc) is 2.50. The van der Waals surface area contributed by atoms with Gasteiger partial charge in [0.05, 0.1) is 10.6 Å². The quantitative estimate of drug-likeness (QED) is 0.763. The molecule has 130 valence electrons. The van der Waals surface area contributed by atoms with Crippen LogP contribution in [0.2, 0.25) is 10.0 Å². The first-order valence-electron chi connectivity index (χ1n) is 7.61. The van der Waals surface area contributed by atoms with Gasteiger partial charge in [0.25, 0.3) is 10.0 Å². The molecule has 0 bridgehead atoms. The maximum atomic E-state index is 12.6. The number of anilines is 2. The van der Waals surface area contributed by atoms with Gasteiger partial charge >= 0.3 is 0 Å². The van der Waals surface area contributed by atoms with Crippen molar-refractivity contribution in [1.82, 2.24) is 0 Å². The smallest absolute Gasteiger partial charge is 0.262 e. The van der Waals surface area contributed by atoms with Crippen LogP contribution in [-0.4, -0.2) is 21.5 Å². The van der Waals surface area contributed by atoms with Crippen LogP contribution in [-0.2, 0) is 10.0 Å². The van der Waals surface area contributed by atoms with Crippen molar-refractivity contribution in [1.29, 1.82) is 0 Å². The van der Waals surface area contributed by atoms with Crippen LogP contribution >= 0.6 is 23.2 Å². The van der Waals surface area contributed by atoms with Crippen LogP contribution in [0.4, 0.5) is 11.4 Å². The molecule has 0 aliphatic heterocycles. The lowest BCUT2D eigenvalue weighted by Crippen LogP contribution is -2.22. The Kier molecular flexibility index (Phi) is 6.01. The summed E-state index contributed by atoms with van der Waals surface area (Å²) >= 11 is 11.8. The number of benzene rings is 2. The zero-order chi connectivity index (χ0) is 17.9. The van der Waals surface area contributed by atoms with E-state index < -0.39 is 10.0 Å². The van der Waals surface area contributed by atoms with Gasteiger partial charge in [0.15, 0.2) is 0 Å². The van der Waals surface area contributed by atoms with Gasteiger partial charge in [-0.2, -0.15) is 0 Å². The predicted octanol–water partition coefficient (Wildman–Crippen LogP) is 4.95. The highest BCUT2D eigenvalue weighted by molar-refractivity contribution is 7.92. The van der Waals surface area contributed by atoms with Crippen molar-refractivity contribution in [3.63, 3.8) is 0 Å². The van der Waals surface area contributed by atoms with Gasteiger partial charge in [0.2, 0.25) is 0 Å². The molecule has 0 unspecified atom stereocenters. The Balaban J connectivity index is 2.33. The summed E-state index contributed by atoms with van der Waals surface area (Å²) in [5, 5.41) is 0.549. The van der Waals surface area contributed by atoms with E-state index >= 15 is 0 Å². The predicted molar refractivity (Wildman–Crippen MR) is 102 cm³/mol. The zero-order valence-corrected chi connectivity index (χ0v) is 16.1. The molecule has 2 aromatic carbocycles. The molecule has 2 rings (SSSR count). The van der Waals surface area contributed by atoms with Gasteiger partial charge < -0.3 is 4.90 Å². The number of rotatable bonds is 6. The second-order valence-electron chi connectivity index (χ2n) is 5.38. The minimum atomic E-state index is -3.76. The summed E-state index contributed by atoms with van der Waals surface area (Å²) in [6.45, 7) is 7.82. The molecule has 0 spiro atoms. The van der Waals surface area contributed by atoms with E-state index in [-0.39, 0.29) is 14.9 Å². The van der Waals surface area contributed by atoms with Crippen molar-refractivity contribution < 1.29 is 8.42 Å². The Bertz CT molecular complexity index is 814. The molecule has 0 saturated heterocycles. The number of hydrogen-bond acceptors (Lipinski definition) is 3. The van der Waals surface area contributed by atoms with Crippen LogP contribution < -0.4 is 9.62 Å². The van der Waals surface area contributed by atoms with Gasteiger partial charge in [-0.05, 0) is 62.7 Å². The van der Waals surface area contributed by atoms with Crippen LogP contribution in [0.15, 0.2) is 41.3 Å². The molecule has 4 nitrogen and oxygen atoms in total. The van der Waals surface area contributed by atoms with Gasteiger partial charge in [-0.25, -0.2) is 8.42 Å². The number of halogens is 2. The summed E-state index contributed by atoms with van der Waals surface area (Å²) in [7, 11) is -3.76. The maximum Gasteiger partial charge on any atom is 0.262 e. The zero-order valence-electron chi connectivity index (χ0n) is 13.8. The fourth-order valence-corrected chi connectivity index (χ4v) is 4.29. The molecule has 24 heavy (non-hydrogen) atoms. The summed E-state index contributed by atoms with van der Waals surface area (Å²) < 4.78 is 27.7. The van der Waals surface area contributed by atoms with E-state index in [1.807, 2.05) is 19.1 Å². The van der Waals surface area contributed by atoms with Crippen molar-refractivity contribution in [2.24, 2.45) is 0 Å². The number of aryl methyl sites for hydroxylation is 1. The molecule has 0 atom stereocenters. The summed E-state index contributed by atoms with van der Waals surface area (Å²) in [4.78, 5) is 2.23. The Labute approximate surface area is 153 Å². The summed E-state index contributed by atoms with van der Waals surface area (Å²) in [6.07, 6.45) is 0. The second-order valence-corrected chi connectivity index (χ2v) is 7.94. The standard InChI is InChI=1S/C17H20Cl2N2O2S/c1-4-21(5-2)15-6-7-17(12(3)8-15)20-24(22,23)16-10-13(18)9-14(19)11-16/h6-11,20H,4-5H2,1-3H3. The molecule has 7 heteroatoms. The Hall–Kier alpha value is -1.43. The van der Waals surface area contributed by atoms with E-state index in [9.17, 15) is 8.42 Å². The summed E-state index contributed by atoms with van der Waals surface area (Å²) in [5.74, 6) is 0. The minimum absolute atomic E-state index is 0.0345. The number of nitrogens with zero attached hydrogens (tertiary/aromatic N) is 1. The molecular formula is C17H20Cl2N2O2S. The lowest BCUT2D eigenvalue weighted by Gasteiger charge is -2.22. The molecule has 0 heterocycles. The van der Waals surface area contributed by atoms with Crippen molar-refractivity contribution in [3.8, 4) is 0 Å². The molecule has 0 fully saturated rings. The van der Waals surface area contributed by atoms with E-state index in [4.69, 9.17) is 23.2 Å². The first-order chi connectivity index (χ1) is 11.3. The fraction of sp³-hybridized carbons (Fsp3) is 0.294. The normalized spacial score (nSPS) is 11.4. The maximum absolute atomic E-state index is 12.6. The Morgan fingerprint density at radius 1 is 1.00 bits per heavy atom. The first kappa shape index (κ1) is 18.9. The van der Waals surface area contributed by atoms with Crippen molar-refractivity contribution >= 4 is 44.6 Å². The van der Waals surface area contributed by atoms with Crippen LogP contribution in [0.3, 0.4) is 0 Å². The number of hydrogen-bond donors (Lipinski definition) is 1. The van der Waals surface area contributed by atoms with Gasteiger partial charge in [-0.3, -0.25) is 4.72 Å². The third kappa shape index (κ3) is 4.35. The highest BCUT2D eigenvalue weighted by Gasteiger charge is 2.17. The van der Waals surface area contributed by atoms with Gasteiger partial charge in [0, 0.05) is 28.8 Å². The summed E-state index contributed by atoms with van der Waals surface area (Å²) in [5.41, 5.74) is 2.43. The van der Waals surface area contributed by atoms with Gasteiger partial charge in [-0.15, -0.1) is 0 Å². The molecule has 0 radical (unpaired) electrons. The largest absolute Gasteiger partial charge is 0.372 e. The van der Waals surface area contributed by atoms with Crippen LogP contribution in [0.5, 0.6) is 0 Å². The van der Waals surface area contributed by atoms with Crippen LogP contribution in [0.1, 0.15) is 19.4 Å². The third-order valence-electron chi connectivity index (χ3n) is 3.73. The summed E-state index contributed by atoms with van der Waals surface area (Å²) in [6, 6.07) is 9.88. The molecular weight excluding hydrogens is 367 g/mol. The van der Waals surface area contributed by atoms with Crippen LogP contribution in [0.25, 0.3) is 0 Å². The number of nitrogens with one attached hydrogen (secondary N) is 1. The Morgan fingerprint density at radius 3 is 2.08 bits per heavy atom. The molecule has 1 N–H and O–H groups in total. The highest BCUT2D eigenvalue weighted by Crippen LogP contribution is 2.27. The molecule has 0 aromatic heterocycles. The van der Waals surface area contributed by atoms with Crippen molar-refractivity contribution in [2.75, 3.05) is 22.7 Å². The minimum Gasteiger partial charge on any atom is -0.372 e. The topological polar surface area (TPSA) is 49.4 Å². The lowest BCUT2D eigenvalue weighted by molar-refractivity contribution is 0.601. The molecule has 0 saturated carbocycles. The first-order valence-corrected chi connectivity index (χ1v) is 9.85. The molecule has 0 amide bonds. The fourth-order valence-electron chi connectivity index (χ4n) is 2.44. The monoisotopic (exact) mass is 386 g/mol.